The molecule has 1 aromatic carbocycles. The maximum Gasteiger partial charge on any atom is 0.165 e. The average molecular weight is 214 g/mol. The largest absolute Gasteiger partial charge is 0.488 e. The van der Waals surface area contributed by atoms with E-state index in [-0.39, 0.29) is 11.7 Å². The van der Waals surface area contributed by atoms with Crippen molar-refractivity contribution in [1.82, 2.24) is 0 Å². The molecule has 15 heavy (non-hydrogen) atoms. The molecule has 2 rings (SSSR count). The highest BCUT2D eigenvalue weighted by Gasteiger charge is 2.19. The van der Waals surface area contributed by atoms with E-state index >= 15 is 0 Å². The molecule has 1 unspecified atom stereocenters. The van der Waals surface area contributed by atoms with Gasteiger partial charge in [0.05, 0.1) is 13.2 Å². The van der Waals surface area contributed by atoms with Crippen LogP contribution in [0.25, 0.3) is 0 Å². The van der Waals surface area contributed by atoms with Gasteiger partial charge in [-0.3, -0.25) is 0 Å². The molecule has 0 saturated carbocycles. The van der Waals surface area contributed by atoms with Crippen LogP contribution < -0.4 is 4.74 Å². The van der Waals surface area contributed by atoms with Crippen molar-refractivity contribution in [3.8, 4) is 5.75 Å². The van der Waals surface area contributed by atoms with E-state index < -0.39 is 11.6 Å². The molecule has 1 heterocycles. The highest BCUT2D eigenvalue weighted by molar-refractivity contribution is 5.34. The molecule has 1 atom stereocenters. The van der Waals surface area contributed by atoms with Crippen molar-refractivity contribution < 1.29 is 18.3 Å². The smallest absolute Gasteiger partial charge is 0.165 e. The van der Waals surface area contributed by atoms with E-state index in [0.717, 1.165) is 12.5 Å². The summed E-state index contributed by atoms with van der Waals surface area (Å²) in [5, 5.41) is 0. The van der Waals surface area contributed by atoms with Gasteiger partial charge in [0.1, 0.15) is 11.9 Å². The van der Waals surface area contributed by atoms with E-state index in [2.05, 4.69) is 0 Å². The van der Waals surface area contributed by atoms with Gasteiger partial charge in [0, 0.05) is 12.0 Å². The van der Waals surface area contributed by atoms with Crippen LogP contribution in [0.2, 0.25) is 0 Å². The quantitative estimate of drug-likeness (QED) is 0.752. The van der Waals surface area contributed by atoms with Crippen molar-refractivity contribution >= 4 is 0 Å². The van der Waals surface area contributed by atoms with Gasteiger partial charge in [0.15, 0.2) is 11.6 Å². The Morgan fingerprint density at radius 2 is 2.20 bits per heavy atom. The van der Waals surface area contributed by atoms with E-state index in [9.17, 15) is 8.78 Å². The Kier molecular flexibility index (Phi) is 2.86. The number of halogens is 2. The SMILES string of the molecule is Cc1c(OC2CCOC2)ccc(F)c1F. The third kappa shape index (κ3) is 2.09. The van der Waals surface area contributed by atoms with Gasteiger partial charge in [-0.2, -0.15) is 0 Å². The van der Waals surface area contributed by atoms with E-state index in [1.165, 1.54) is 13.0 Å². The first-order chi connectivity index (χ1) is 7.18. The molecular formula is C11H12F2O2. The first kappa shape index (κ1) is 10.4. The number of hydrogen-bond acceptors (Lipinski definition) is 2. The summed E-state index contributed by atoms with van der Waals surface area (Å²) in [6.45, 7) is 2.68. The lowest BCUT2D eigenvalue weighted by molar-refractivity contribution is 0.140. The van der Waals surface area contributed by atoms with Gasteiger partial charge < -0.3 is 9.47 Å². The third-order valence-corrected chi connectivity index (χ3v) is 2.47. The van der Waals surface area contributed by atoms with Crippen molar-refractivity contribution in [3.63, 3.8) is 0 Å². The third-order valence-electron chi connectivity index (χ3n) is 2.47. The lowest BCUT2D eigenvalue weighted by atomic mass is 10.2. The molecule has 0 bridgehead atoms. The molecule has 0 amide bonds. The molecule has 0 N–H and O–H groups in total. The summed E-state index contributed by atoms with van der Waals surface area (Å²) in [7, 11) is 0. The fraction of sp³-hybridized carbons (Fsp3) is 0.455. The van der Waals surface area contributed by atoms with Crippen molar-refractivity contribution in [3.05, 3.63) is 29.3 Å². The summed E-state index contributed by atoms with van der Waals surface area (Å²) in [5.41, 5.74) is 0.210. The second kappa shape index (κ2) is 4.14. The van der Waals surface area contributed by atoms with Gasteiger partial charge in [0.2, 0.25) is 0 Å². The molecular weight excluding hydrogens is 202 g/mol. The highest BCUT2D eigenvalue weighted by Crippen LogP contribution is 2.25. The van der Waals surface area contributed by atoms with Crippen LogP contribution >= 0.6 is 0 Å². The minimum atomic E-state index is -0.845. The summed E-state index contributed by atoms with van der Waals surface area (Å²) in [6, 6.07) is 2.53. The van der Waals surface area contributed by atoms with Crippen molar-refractivity contribution in [2.24, 2.45) is 0 Å². The van der Waals surface area contributed by atoms with E-state index in [4.69, 9.17) is 9.47 Å². The zero-order valence-electron chi connectivity index (χ0n) is 8.43. The van der Waals surface area contributed by atoms with Gasteiger partial charge >= 0.3 is 0 Å². The Hall–Kier alpha value is -1.16. The molecule has 0 radical (unpaired) electrons. The van der Waals surface area contributed by atoms with Crippen LogP contribution in [0.3, 0.4) is 0 Å². The first-order valence-corrected chi connectivity index (χ1v) is 4.87. The van der Waals surface area contributed by atoms with Gasteiger partial charge in [0.25, 0.3) is 0 Å². The molecule has 4 heteroatoms. The van der Waals surface area contributed by atoms with Crippen LogP contribution in [-0.2, 0) is 4.74 Å². The number of rotatable bonds is 2. The molecule has 0 spiro atoms. The Morgan fingerprint density at radius 1 is 1.40 bits per heavy atom. The lowest BCUT2D eigenvalue weighted by Crippen LogP contribution is -2.16. The summed E-state index contributed by atoms with van der Waals surface area (Å²) in [4.78, 5) is 0. The normalized spacial score (nSPS) is 20.6. The highest BCUT2D eigenvalue weighted by atomic mass is 19.2. The molecule has 1 aliphatic rings. The minimum Gasteiger partial charge on any atom is -0.488 e. The summed E-state index contributed by atoms with van der Waals surface area (Å²) in [6.07, 6.45) is 0.742. The van der Waals surface area contributed by atoms with Crippen LogP contribution in [0.1, 0.15) is 12.0 Å². The average Bonchev–Trinajstić information content (AvgIpc) is 2.72. The predicted octanol–water partition coefficient (Wildman–Crippen LogP) is 2.44. The fourth-order valence-electron chi connectivity index (χ4n) is 1.55. The van der Waals surface area contributed by atoms with Crippen LogP contribution in [0.5, 0.6) is 5.75 Å². The van der Waals surface area contributed by atoms with Crippen LogP contribution in [0, 0.1) is 18.6 Å². The number of benzene rings is 1. The molecule has 1 aliphatic heterocycles. The maximum absolute atomic E-state index is 13.2. The molecule has 1 aromatic rings. The maximum atomic E-state index is 13.2. The first-order valence-electron chi connectivity index (χ1n) is 4.87. The Labute approximate surface area is 86.8 Å². The minimum absolute atomic E-state index is 0.0476. The van der Waals surface area contributed by atoms with Crippen LogP contribution in [0.15, 0.2) is 12.1 Å². The molecule has 0 aliphatic carbocycles. The van der Waals surface area contributed by atoms with Crippen LogP contribution in [-0.4, -0.2) is 19.3 Å². The molecule has 2 nitrogen and oxygen atoms in total. The van der Waals surface area contributed by atoms with Gasteiger partial charge in [-0.05, 0) is 19.1 Å². The number of ether oxygens (including phenoxy) is 2. The van der Waals surface area contributed by atoms with E-state index in [1.54, 1.807) is 0 Å². The predicted molar refractivity (Wildman–Crippen MR) is 50.9 cm³/mol. The standard InChI is InChI=1S/C11H12F2O2/c1-7-10(3-2-9(12)11(7)13)15-8-4-5-14-6-8/h2-3,8H,4-6H2,1H3. The van der Waals surface area contributed by atoms with Crippen LogP contribution in [0.4, 0.5) is 8.78 Å². The molecule has 82 valence electrons. The number of hydrogen-bond donors (Lipinski definition) is 0. The zero-order valence-corrected chi connectivity index (χ0v) is 8.43. The second-order valence-corrected chi connectivity index (χ2v) is 3.59. The molecule has 1 saturated heterocycles. The van der Waals surface area contributed by atoms with Crippen molar-refractivity contribution in [1.29, 1.82) is 0 Å². The zero-order chi connectivity index (χ0) is 10.8. The Balaban J connectivity index is 2.17. The van der Waals surface area contributed by atoms with Crippen molar-refractivity contribution in [2.75, 3.05) is 13.2 Å². The van der Waals surface area contributed by atoms with Gasteiger partial charge in [-0.25, -0.2) is 8.78 Å². The fourth-order valence-corrected chi connectivity index (χ4v) is 1.55. The summed E-state index contributed by atoms with van der Waals surface area (Å²) >= 11 is 0. The Morgan fingerprint density at radius 3 is 2.87 bits per heavy atom. The summed E-state index contributed by atoms with van der Waals surface area (Å²) in [5.74, 6) is -1.29. The second-order valence-electron chi connectivity index (χ2n) is 3.59. The van der Waals surface area contributed by atoms with Gasteiger partial charge in [-0.1, -0.05) is 0 Å². The molecule has 0 aromatic heterocycles. The molecule has 1 fully saturated rings. The summed E-state index contributed by atoms with van der Waals surface area (Å²) < 4.78 is 36.6. The Bertz CT molecular complexity index is 360. The van der Waals surface area contributed by atoms with Gasteiger partial charge in [-0.15, -0.1) is 0 Å². The van der Waals surface area contributed by atoms with E-state index in [1.807, 2.05) is 0 Å². The lowest BCUT2D eigenvalue weighted by Gasteiger charge is -2.14. The van der Waals surface area contributed by atoms with Crippen molar-refractivity contribution in [2.45, 2.75) is 19.4 Å². The van der Waals surface area contributed by atoms with E-state index in [0.29, 0.717) is 19.0 Å². The monoisotopic (exact) mass is 214 g/mol. The topological polar surface area (TPSA) is 18.5 Å².